The number of hydrogen-bond donors (Lipinski definition) is 1. The third-order valence-electron chi connectivity index (χ3n) is 3.40. The fraction of sp³-hybridized carbons (Fsp3) is 0.615. The van der Waals surface area contributed by atoms with E-state index >= 15 is 0 Å². The highest BCUT2D eigenvalue weighted by atomic mass is 32.2. The van der Waals surface area contributed by atoms with E-state index < -0.39 is 15.8 Å². The molecule has 1 aliphatic rings. The van der Waals surface area contributed by atoms with E-state index in [1.165, 1.54) is 7.11 Å². The van der Waals surface area contributed by atoms with Crippen molar-refractivity contribution in [1.29, 1.82) is 0 Å². The molecule has 2 heterocycles. The Labute approximate surface area is 118 Å². The molecule has 1 aromatic rings. The van der Waals surface area contributed by atoms with Crippen LogP contribution in [-0.2, 0) is 21.1 Å². The van der Waals surface area contributed by atoms with Gasteiger partial charge in [0.25, 0.3) is 0 Å². The van der Waals surface area contributed by atoms with E-state index in [0.717, 1.165) is 6.42 Å². The maximum absolute atomic E-state index is 11.5. The van der Waals surface area contributed by atoms with Gasteiger partial charge in [-0.1, -0.05) is 0 Å². The zero-order valence-electron chi connectivity index (χ0n) is 11.6. The summed E-state index contributed by atoms with van der Waals surface area (Å²) in [5.74, 6) is 1.11. The highest BCUT2D eigenvalue weighted by Gasteiger charge is 2.24. The Kier molecular flexibility index (Phi) is 4.49. The first-order valence-corrected chi connectivity index (χ1v) is 8.35. The molecule has 1 N–H and O–H groups in total. The van der Waals surface area contributed by atoms with Crippen LogP contribution < -0.4 is 5.32 Å². The third-order valence-corrected chi connectivity index (χ3v) is 5.22. The van der Waals surface area contributed by atoms with Crippen LogP contribution in [0.1, 0.15) is 34.7 Å². The fourth-order valence-corrected chi connectivity index (χ4v) is 4.04. The van der Waals surface area contributed by atoms with Gasteiger partial charge in [0.1, 0.15) is 17.1 Å². The van der Waals surface area contributed by atoms with E-state index in [-0.39, 0.29) is 17.5 Å². The van der Waals surface area contributed by atoms with E-state index in [4.69, 9.17) is 4.42 Å². The molecule has 1 saturated heterocycles. The van der Waals surface area contributed by atoms with Gasteiger partial charge in [-0.2, -0.15) is 0 Å². The summed E-state index contributed by atoms with van der Waals surface area (Å²) in [5.41, 5.74) is 0.403. The Balaban J connectivity index is 1.96. The number of ether oxygens (including phenoxy) is 1. The van der Waals surface area contributed by atoms with Gasteiger partial charge in [0.15, 0.2) is 9.84 Å². The molecule has 20 heavy (non-hydrogen) atoms. The fourth-order valence-electron chi connectivity index (χ4n) is 2.37. The Morgan fingerprint density at radius 3 is 2.95 bits per heavy atom. The van der Waals surface area contributed by atoms with E-state index in [2.05, 4.69) is 10.1 Å². The van der Waals surface area contributed by atoms with Crippen molar-refractivity contribution in [2.24, 2.45) is 0 Å². The Morgan fingerprint density at radius 1 is 1.55 bits per heavy atom. The van der Waals surface area contributed by atoms with Gasteiger partial charge in [0, 0.05) is 6.04 Å². The molecule has 0 spiro atoms. The third kappa shape index (κ3) is 3.61. The van der Waals surface area contributed by atoms with Crippen LogP contribution in [-0.4, -0.2) is 39.0 Å². The average molecular weight is 301 g/mol. The molecule has 112 valence electrons. The van der Waals surface area contributed by atoms with Crippen LogP contribution in [0.3, 0.4) is 0 Å². The minimum absolute atomic E-state index is 0.0549. The molecule has 0 aromatic carbocycles. The maximum atomic E-state index is 11.5. The van der Waals surface area contributed by atoms with Crippen molar-refractivity contribution in [3.8, 4) is 0 Å². The van der Waals surface area contributed by atoms with Crippen molar-refractivity contribution in [2.45, 2.75) is 32.4 Å². The molecule has 1 aliphatic heterocycles. The lowest BCUT2D eigenvalue weighted by Gasteiger charge is -2.22. The lowest BCUT2D eigenvalue weighted by atomic mass is 10.2. The lowest BCUT2D eigenvalue weighted by Crippen LogP contribution is -2.39. The number of carbonyl (C=O) groups excluding carboxylic acids is 1. The standard InChI is InChI=1S/C13H19NO5S/c1-9-12(13(15)18-2)6-11(19-9)7-14-10-4-3-5-20(16,17)8-10/h6,10,14H,3-5,7-8H2,1-2H3. The first-order valence-electron chi connectivity index (χ1n) is 6.53. The number of nitrogens with one attached hydrogen (secondary N) is 1. The first kappa shape index (κ1) is 15.1. The van der Waals surface area contributed by atoms with Crippen LogP contribution in [0.5, 0.6) is 0 Å². The Hall–Kier alpha value is -1.34. The van der Waals surface area contributed by atoms with Crippen LogP contribution in [0.4, 0.5) is 0 Å². The average Bonchev–Trinajstić information content (AvgIpc) is 2.76. The number of aryl methyl sites for hydroxylation is 1. The highest BCUT2D eigenvalue weighted by Crippen LogP contribution is 2.17. The van der Waals surface area contributed by atoms with Gasteiger partial charge in [-0.25, -0.2) is 13.2 Å². The zero-order chi connectivity index (χ0) is 14.8. The van der Waals surface area contributed by atoms with Crippen molar-refractivity contribution in [2.75, 3.05) is 18.6 Å². The van der Waals surface area contributed by atoms with Crippen molar-refractivity contribution >= 4 is 15.8 Å². The topological polar surface area (TPSA) is 85.6 Å². The lowest BCUT2D eigenvalue weighted by molar-refractivity contribution is 0.0599. The summed E-state index contributed by atoms with van der Waals surface area (Å²) in [5, 5.41) is 3.17. The monoisotopic (exact) mass is 301 g/mol. The second kappa shape index (κ2) is 5.97. The van der Waals surface area contributed by atoms with E-state index in [1.807, 2.05) is 0 Å². The van der Waals surface area contributed by atoms with E-state index in [1.54, 1.807) is 13.0 Å². The molecular formula is C13H19NO5S. The number of rotatable bonds is 4. The van der Waals surface area contributed by atoms with Gasteiger partial charge in [-0.3, -0.25) is 0 Å². The maximum Gasteiger partial charge on any atom is 0.341 e. The van der Waals surface area contributed by atoms with E-state index in [9.17, 15) is 13.2 Å². The van der Waals surface area contributed by atoms with Crippen molar-refractivity contribution in [1.82, 2.24) is 5.32 Å². The second-order valence-electron chi connectivity index (χ2n) is 5.01. The summed E-state index contributed by atoms with van der Waals surface area (Å²) in [6, 6.07) is 1.58. The number of sulfone groups is 1. The Bertz CT molecular complexity index is 590. The van der Waals surface area contributed by atoms with E-state index in [0.29, 0.717) is 30.0 Å². The Morgan fingerprint density at radius 2 is 2.30 bits per heavy atom. The molecule has 0 amide bonds. The highest BCUT2D eigenvalue weighted by molar-refractivity contribution is 7.91. The number of methoxy groups -OCH3 is 1. The normalized spacial score (nSPS) is 21.6. The van der Waals surface area contributed by atoms with Gasteiger partial charge in [0.2, 0.25) is 0 Å². The van der Waals surface area contributed by atoms with Gasteiger partial charge in [-0.15, -0.1) is 0 Å². The predicted octanol–water partition coefficient (Wildman–Crippen LogP) is 1.04. The minimum Gasteiger partial charge on any atom is -0.465 e. The van der Waals surface area contributed by atoms with Crippen LogP contribution in [0, 0.1) is 6.92 Å². The first-order chi connectivity index (χ1) is 9.41. The van der Waals surface area contributed by atoms with Gasteiger partial charge in [-0.05, 0) is 25.8 Å². The quantitative estimate of drug-likeness (QED) is 0.836. The molecule has 0 saturated carbocycles. The molecule has 0 radical (unpaired) electrons. The second-order valence-corrected chi connectivity index (χ2v) is 7.24. The molecule has 1 fully saturated rings. The SMILES string of the molecule is COC(=O)c1cc(CNC2CCCS(=O)(=O)C2)oc1C. The molecule has 0 bridgehead atoms. The molecule has 7 heteroatoms. The molecule has 1 atom stereocenters. The summed E-state index contributed by atoms with van der Waals surface area (Å²) >= 11 is 0. The summed E-state index contributed by atoms with van der Waals surface area (Å²) in [4.78, 5) is 11.5. The molecular weight excluding hydrogens is 282 g/mol. The molecule has 0 aliphatic carbocycles. The van der Waals surface area contributed by atoms with Crippen LogP contribution in [0.15, 0.2) is 10.5 Å². The van der Waals surface area contributed by atoms with Crippen molar-refractivity contribution in [3.63, 3.8) is 0 Å². The van der Waals surface area contributed by atoms with Gasteiger partial charge >= 0.3 is 5.97 Å². The molecule has 6 nitrogen and oxygen atoms in total. The van der Waals surface area contributed by atoms with Gasteiger partial charge in [0.05, 0.1) is 25.2 Å². The van der Waals surface area contributed by atoms with Crippen LogP contribution >= 0.6 is 0 Å². The zero-order valence-corrected chi connectivity index (χ0v) is 12.5. The number of furan rings is 1. The number of esters is 1. The van der Waals surface area contributed by atoms with Crippen LogP contribution in [0.2, 0.25) is 0 Å². The smallest absolute Gasteiger partial charge is 0.341 e. The van der Waals surface area contributed by atoms with Crippen LogP contribution in [0.25, 0.3) is 0 Å². The predicted molar refractivity (Wildman–Crippen MR) is 73.3 cm³/mol. The summed E-state index contributed by atoms with van der Waals surface area (Å²) in [6.45, 7) is 2.10. The van der Waals surface area contributed by atoms with Crippen molar-refractivity contribution in [3.05, 3.63) is 23.2 Å². The largest absolute Gasteiger partial charge is 0.465 e. The summed E-state index contributed by atoms with van der Waals surface area (Å²) in [6.07, 6.45) is 1.52. The van der Waals surface area contributed by atoms with Gasteiger partial charge < -0.3 is 14.5 Å². The molecule has 1 aromatic heterocycles. The number of hydrogen-bond acceptors (Lipinski definition) is 6. The van der Waals surface area contributed by atoms with Crippen molar-refractivity contribution < 1.29 is 22.4 Å². The molecule has 2 rings (SSSR count). The summed E-state index contributed by atoms with van der Waals surface area (Å²) < 4.78 is 33.2. The number of carbonyl (C=O) groups is 1. The minimum atomic E-state index is -2.92. The molecule has 1 unspecified atom stereocenters. The summed E-state index contributed by atoms with van der Waals surface area (Å²) in [7, 11) is -1.60.